The lowest BCUT2D eigenvalue weighted by Crippen LogP contribution is -2.03. The number of rotatable bonds is 5. The summed E-state index contributed by atoms with van der Waals surface area (Å²) in [5.74, 6) is 1.68. The van der Waals surface area contributed by atoms with Gasteiger partial charge in [0, 0.05) is 12.4 Å². The van der Waals surface area contributed by atoms with Crippen LogP contribution in [0.25, 0.3) is 16.5 Å². The fraction of sp³-hybridized carbons (Fsp3) is 0.105. The maximum Gasteiger partial charge on any atom is 0.265 e. The van der Waals surface area contributed by atoms with Crippen molar-refractivity contribution in [1.29, 1.82) is 0 Å². The quantitative estimate of drug-likeness (QED) is 0.292. The van der Waals surface area contributed by atoms with E-state index >= 15 is 0 Å². The molecule has 0 radical (unpaired) electrons. The molecule has 4 aromatic heterocycles. The maximum absolute atomic E-state index is 7.58. The third-order valence-electron chi connectivity index (χ3n) is 4.15. The summed E-state index contributed by atoms with van der Waals surface area (Å²) in [5.41, 5.74) is 7.54. The lowest BCUT2D eigenvalue weighted by Gasteiger charge is -2.03. The highest BCUT2D eigenvalue weighted by Crippen LogP contribution is 2.40. The van der Waals surface area contributed by atoms with E-state index in [-0.39, 0.29) is 5.82 Å². The Hall–Kier alpha value is -4.04. The first-order chi connectivity index (χ1) is 14.6. The van der Waals surface area contributed by atoms with Gasteiger partial charge in [-0.2, -0.15) is 14.9 Å². The molecule has 0 amide bonds. The van der Waals surface area contributed by atoms with Crippen LogP contribution in [-0.2, 0) is 0 Å². The van der Waals surface area contributed by atoms with E-state index in [2.05, 4.69) is 35.2 Å². The molecule has 4 aromatic rings. The number of hydrogen-bond donors (Lipinski definition) is 1. The molecule has 2 N–H and O–H groups in total. The molecule has 148 valence electrons. The highest BCUT2D eigenvalue weighted by molar-refractivity contribution is 7.98. The maximum atomic E-state index is 7.58. The molecule has 0 saturated heterocycles. The van der Waals surface area contributed by atoms with Crippen molar-refractivity contribution in [3.05, 3.63) is 65.9 Å². The Kier molecular flexibility index (Phi) is 5.23. The Bertz CT molecular complexity index is 1250. The lowest BCUT2D eigenvalue weighted by atomic mass is 10.4. The molecule has 0 aliphatic rings. The van der Waals surface area contributed by atoms with Crippen LogP contribution in [0.4, 0.5) is 23.0 Å². The molecule has 0 aliphatic carbocycles. The van der Waals surface area contributed by atoms with Crippen LogP contribution in [0.3, 0.4) is 0 Å². The normalized spacial score (nSPS) is 11.1. The summed E-state index contributed by atoms with van der Waals surface area (Å²) in [6.45, 7) is 9.36. The Morgan fingerprint density at radius 3 is 2.23 bits per heavy atom. The van der Waals surface area contributed by atoms with Crippen molar-refractivity contribution in [2.45, 2.75) is 11.9 Å². The van der Waals surface area contributed by atoms with Gasteiger partial charge in [-0.25, -0.2) is 19.5 Å². The first-order valence-corrected chi connectivity index (χ1v) is 10.0. The number of anilines is 1. The van der Waals surface area contributed by atoms with Gasteiger partial charge in [-0.1, -0.05) is 12.1 Å². The molecule has 0 aromatic carbocycles. The summed E-state index contributed by atoms with van der Waals surface area (Å²) >= 11 is 1.35. The molecular weight excluding hydrogens is 400 g/mol. The highest BCUT2D eigenvalue weighted by atomic mass is 32.2. The summed E-state index contributed by atoms with van der Waals surface area (Å²) in [6, 6.07) is 10.9. The average Bonchev–Trinajstić information content (AvgIpc) is 3.29. The van der Waals surface area contributed by atoms with Crippen LogP contribution in [0, 0.1) is 13.5 Å². The predicted octanol–water partition coefficient (Wildman–Crippen LogP) is 4.43. The minimum absolute atomic E-state index is 0.275. The number of nitrogens with zero attached hydrogens (tertiary/aromatic N) is 9. The standard InChI is InChI=1S/C19H16N10S/c1-12-15(17(20)28(26-12)13-8-4-6-10-22-13)24-25-18-16(21-2)19(30-3)27-29(18)14-9-5-7-11-23-14/h4-11H,20H2,1,3H3/b25-24+. The van der Waals surface area contributed by atoms with Crippen LogP contribution >= 0.6 is 11.8 Å². The largest absolute Gasteiger partial charge is 0.382 e. The van der Waals surface area contributed by atoms with Gasteiger partial charge < -0.3 is 5.73 Å². The number of thioether (sulfide) groups is 1. The van der Waals surface area contributed by atoms with Gasteiger partial charge in [0.05, 0.1) is 12.3 Å². The Balaban J connectivity index is 1.81. The third-order valence-corrected chi connectivity index (χ3v) is 4.81. The van der Waals surface area contributed by atoms with Gasteiger partial charge in [-0.05, 0) is 37.4 Å². The molecule has 0 atom stereocenters. The molecule has 0 unspecified atom stereocenters. The summed E-state index contributed by atoms with van der Waals surface area (Å²) in [6.07, 6.45) is 5.15. The van der Waals surface area contributed by atoms with Gasteiger partial charge in [-0.3, -0.25) is 0 Å². The smallest absolute Gasteiger partial charge is 0.265 e. The SMILES string of the molecule is [C-]#[N+]c1c(SC)nn(-c2ccccn2)c1/N=N/c1c(C)nn(-c2ccccn2)c1N. The molecular formula is C19H16N10S. The average molecular weight is 416 g/mol. The van der Waals surface area contributed by atoms with Crippen molar-refractivity contribution in [2.75, 3.05) is 12.0 Å². The van der Waals surface area contributed by atoms with Crippen LogP contribution in [-0.4, -0.2) is 35.8 Å². The second-order valence-electron chi connectivity index (χ2n) is 6.01. The summed E-state index contributed by atoms with van der Waals surface area (Å²) < 4.78 is 3.00. The Labute approximate surface area is 176 Å². The van der Waals surface area contributed by atoms with Gasteiger partial charge in [0.1, 0.15) is 5.03 Å². The molecule has 0 aliphatic heterocycles. The zero-order valence-corrected chi connectivity index (χ0v) is 16.9. The van der Waals surface area contributed by atoms with Crippen molar-refractivity contribution < 1.29 is 0 Å². The van der Waals surface area contributed by atoms with Crippen LogP contribution in [0.1, 0.15) is 5.69 Å². The number of azo groups is 1. The second-order valence-corrected chi connectivity index (χ2v) is 6.81. The van der Waals surface area contributed by atoms with E-state index in [1.165, 1.54) is 21.1 Å². The van der Waals surface area contributed by atoms with Crippen LogP contribution in [0.5, 0.6) is 0 Å². The van der Waals surface area contributed by atoms with Gasteiger partial charge in [0.2, 0.25) is 0 Å². The molecule has 4 rings (SSSR count). The molecule has 0 bridgehead atoms. The van der Waals surface area contributed by atoms with Gasteiger partial charge in [0.15, 0.2) is 29.0 Å². The Morgan fingerprint density at radius 1 is 1.00 bits per heavy atom. The van der Waals surface area contributed by atoms with Crippen molar-refractivity contribution >= 4 is 34.8 Å². The number of aryl methyl sites for hydroxylation is 1. The number of nitrogen functional groups attached to an aromatic ring is 1. The van der Waals surface area contributed by atoms with Crippen molar-refractivity contribution in [3.8, 4) is 11.6 Å². The fourth-order valence-electron chi connectivity index (χ4n) is 2.76. The van der Waals surface area contributed by atoms with Gasteiger partial charge in [0.25, 0.3) is 5.69 Å². The summed E-state index contributed by atoms with van der Waals surface area (Å²) in [7, 11) is 0. The topological polar surface area (TPSA) is 117 Å². The molecule has 4 heterocycles. The predicted molar refractivity (Wildman–Crippen MR) is 114 cm³/mol. The fourth-order valence-corrected chi connectivity index (χ4v) is 3.25. The first-order valence-electron chi connectivity index (χ1n) is 8.78. The van der Waals surface area contributed by atoms with E-state index in [0.717, 1.165) is 0 Å². The minimum atomic E-state index is 0.275. The van der Waals surface area contributed by atoms with Crippen LogP contribution < -0.4 is 5.73 Å². The van der Waals surface area contributed by atoms with Crippen molar-refractivity contribution in [1.82, 2.24) is 29.5 Å². The van der Waals surface area contributed by atoms with Crippen molar-refractivity contribution in [2.24, 2.45) is 10.2 Å². The van der Waals surface area contributed by atoms with Gasteiger partial charge >= 0.3 is 0 Å². The molecule has 30 heavy (non-hydrogen) atoms. The molecule has 11 heteroatoms. The first kappa shape index (κ1) is 19.3. The Morgan fingerprint density at radius 2 is 1.67 bits per heavy atom. The molecule has 0 fully saturated rings. The lowest BCUT2D eigenvalue weighted by molar-refractivity contribution is 0.807. The van der Waals surface area contributed by atoms with Crippen LogP contribution in [0.15, 0.2) is 64.0 Å². The molecule has 10 nitrogen and oxygen atoms in total. The van der Waals surface area contributed by atoms with E-state index in [1.807, 2.05) is 24.5 Å². The summed E-state index contributed by atoms with van der Waals surface area (Å²) in [5, 5.41) is 18.1. The third kappa shape index (κ3) is 3.40. The number of hydrogen-bond acceptors (Lipinski definition) is 8. The van der Waals surface area contributed by atoms with E-state index in [0.29, 0.717) is 39.5 Å². The number of nitrogens with two attached hydrogens (primary N) is 1. The molecule has 0 saturated carbocycles. The minimum Gasteiger partial charge on any atom is -0.382 e. The van der Waals surface area contributed by atoms with E-state index in [9.17, 15) is 0 Å². The van der Waals surface area contributed by atoms with Gasteiger partial charge in [-0.15, -0.1) is 22.0 Å². The van der Waals surface area contributed by atoms with E-state index in [4.69, 9.17) is 12.3 Å². The second kappa shape index (κ2) is 8.14. The zero-order valence-electron chi connectivity index (χ0n) is 16.1. The van der Waals surface area contributed by atoms with E-state index < -0.39 is 0 Å². The number of pyridine rings is 2. The monoisotopic (exact) mass is 416 g/mol. The van der Waals surface area contributed by atoms with Crippen LogP contribution in [0.2, 0.25) is 0 Å². The highest BCUT2D eigenvalue weighted by Gasteiger charge is 2.21. The summed E-state index contributed by atoms with van der Waals surface area (Å²) in [4.78, 5) is 12.2. The van der Waals surface area contributed by atoms with Crippen molar-refractivity contribution in [3.63, 3.8) is 0 Å². The van der Waals surface area contributed by atoms with E-state index in [1.54, 1.807) is 37.5 Å². The zero-order chi connectivity index (χ0) is 21.1. The molecule has 0 spiro atoms. The number of aromatic nitrogens is 6.